The third-order valence-electron chi connectivity index (χ3n) is 6.62. The standard InChI is InChI=1S/C24H24FN3O2S/c1-14-3-8-20(23-26-9-10-31-23)22(27-14)24(29)28-18-11-16(12-18)15(2)21(28)13-30-19-6-4-17(25)5-7-19/h3-10,15-16,18,21H,11-13H2,1-2H3/t15-,16?,18?,21?/m0/s1. The minimum Gasteiger partial charge on any atom is -0.491 e. The summed E-state index contributed by atoms with van der Waals surface area (Å²) in [6.07, 6.45) is 3.80. The second-order valence-corrected chi connectivity index (χ2v) is 9.37. The van der Waals surface area contributed by atoms with Crippen LogP contribution in [0, 0.1) is 24.6 Å². The molecular weight excluding hydrogens is 413 g/mol. The van der Waals surface area contributed by atoms with Gasteiger partial charge in [-0.2, -0.15) is 0 Å². The van der Waals surface area contributed by atoms with Gasteiger partial charge in [0, 0.05) is 28.9 Å². The van der Waals surface area contributed by atoms with Crippen molar-refractivity contribution in [2.75, 3.05) is 6.61 Å². The number of hydrogen-bond acceptors (Lipinski definition) is 5. The Morgan fingerprint density at radius 3 is 2.71 bits per heavy atom. The first kappa shape index (κ1) is 20.1. The second-order valence-electron chi connectivity index (χ2n) is 8.48. The minimum atomic E-state index is -0.295. The number of halogens is 1. The summed E-state index contributed by atoms with van der Waals surface area (Å²) in [7, 11) is 0. The number of piperidine rings is 2. The molecule has 2 aromatic heterocycles. The van der Waals surface area contributed by atoms with Crippen molar-refractivity contribution in [3.63, 3.8) is 0 Å². The highest BCUT2D eigenvalue weighted by Gasteiger charge is 2.51. The van der Waals surface area contributed by atoms with E-state index in [2.05, 4.69) is 16.9 Å². The van der Waals surface area contributed by atoms with E-state index >= 15 is 0 Å². The van der Waals surface area contributed by atoms with Crippen LogP contribution in [0.5, 0.6) is 5.75 Å². The zero-order valence-corrected chi connectivity index (χ0v) is 18.3. The summed E-state index contributed by atoms with van der Waals surface area (Å²) in [5.41, 5.74) is 2.04. The molecule has 6 rings (SSSR count). The van der Waals surface area contributed by atoms with Crippen molar-refractivity contribution in [1.82, 2.24) is 14.9 Å². The third-order valence-corrected chi connectivity index (χ3v) is 7.43. The quantitative estimate of drug-likeness (QED) is 0.566. The smallest absolute Gasteiger partial charge is 0.273 e. The number of aryl methyl sites for hydroxylation is 1. The van der Waals surface area contributed by atoms with Gasteiger partial charge < -0.3 is 9.64 Å². The number of thiazole rings is 1. The summed E-state index contributed by atoms with van der Waals surface area (Å²) in [5, 5.41) is 2.70. The van der Waals surface area contributed by atoms with Crippen molar-refractivity contribution in [2.45, 2.75) is 38.8 Å². The highest BCUT2D eigenvalue weighted by Crippen LogP contribution is 2.47. The van der Waals surface area contributed by atoms with Crippen LogP contribution in [-0.2, 0) is 0 Å². The van der Waals surface area contributed by atoms with Gasteiger partial charge in [0.05, 0.1) is 6.04 Å². The Bertz CT molecular complexity index is 1080. The van der Waals surface area contributed by atoms with Crippen LogP contribution in [0.3, 0.4) is 0 Å². The van der Waals surface area contributed by atoms with Crippen LogP contribution >= 0.6 is 11.3 Å². The molecule has 2 atom stereocenters. The summed E-state index contributed by atoms with van der Waals surface area (Å²) in [6, 6.07) is 10.0. The monoisotopic (exact) mass is 437 g/mol. The van der Waals surface area contributed by atoms with Crippen LogP contribution < -0.4 is 4.74 Å². The molecule has 31 heavy (non-hydrogen) atoms. The largest absolute Gasteiger partial charge is 0.491 e. The molecule has 1 unspecified atom stereocenters. The number of ether oxygens (including phenoxy) is 1. The number of pyridine rings is 1. The van der Waals surface area contributed by atoms with E-state index in [0.717, 1.165) is 29.1 Å². The highest BCUT2D eigenvalue weighted by molar-refractivity contribution is 7.13. The Balaban J connectivity index is 1.45. The molecule has 2 aliphatic heterocycles. The van der Waals surface area contributed by atoms with Crippen LogP contribution in [0.15, 0.2) is 48.0 Å². The fraction of sp³-hybridized carbons (Fsp3) is 0.375. The van der Waals surface area contributed by atoms with Gasteiger partial charge in [-0.1, -0.05) is 6.92 Å². The summed E-state index contributed by atoms with van der Waals surface area (Å²) < 4.78 is 19.2. The molecule has 2 saturated heterocycles. The maximum atomic E-state index is 13.9. The van der Waals surface area contributed by atoms with E-state index in [-0.39, 0.29) is 23.8 Å². The molecule has 0 N–H and O–H groups in total. The van der Waals surface area contributed by atoms with Crippen molar-refractivity contribution in [2.24, 2.45) is 11.8 Å². The number of carbonyl (C=O) groups is 1. The number of hydrogen-bond donors (Lipinski definition) is 0. The molecule has 1 amide bonds. The molecule has 4 heterocycles. The lowest BCUT2D eigenvalue weighted by Crippen LogP contribution is -2.64. The summed E-state index contributed by atoms with van der Waals surface area (Å²) in [6.45, 7) is 4.48. The number of fused-ring (bicyclic) bond motifs is 2. The summed E-state index contributed by atoms with van der Waals surface area (Å²) in [5.74, 6) is 1.19. The van der Waals surface area contributed by atoms with Crippen LogP contribution in [0.25, 0.3) is 10.6 Å². The van der Waals surface area contributed by atoms with Gasteiger partial charge in [0.15, 0.2) is 0 Å². The third kappa shape index (κ3) is 3.71. The van der Waals surface area contributed by atoms with E-state index in [1.165, 1.54) is 23.5 Å². The van der Waals surface area contributed by atoms with Gasteiger partial charge in [0.25, 0.3) is 5.91 Å². The molecule has 0 spiro atoms. The van der Waals surface area contributed by atoms with E-state index in [9.17, 15) is 9.18 Å². The lowest BCUT2D eigenvalue weighted by Gasteiger charge is -2.57. The number of nitrogens with zero attached hydrogens (tertiary/aromatic N) is 3. The predicted molar refractivity (Wildman–Crippen MR) is 118 cm³/mol. The van der Waals surface area contributed by atoms with E-state index < -0.39 is 0 Å². The van der Waals surface area contributed by atoms with E-state index in [0.29, 0.717) is 29.9 Å². The van der Waals surface area contributed by atoms with E-state index in [1.807, 2.05) is 29.3 Å². The van der Waals surface area contributed by atoms with E-state index in [1.54, 1.807) is 18.3 Å². The Morgan fingerprint density at radius 1 is 1.23 bits per heavy atom. The molecular formula is C24H24FN3O2S. The summed E-state index contributed by atoms with van der Waals surface area (Å²) >= 11 is 1.50. The van der Waals surface area contributed by atoms with Gasteiger partial charge in [0.2, 0.25) is 0 Å². The van der Waals surface area contributed by atoms with Crippen LogP contribution in [0.4, 0.5) is 4.39 Å². The molecule has 3 aromatic rings. The van der Waals surface area contributed by atoms with Gasteiger partial charge >= 0.3 is 0 Å². The first-order valence-corrected chi connectivity index (χ1v) is 11.5. The first-order valence-electron chi connectivity index (χ1n) is 10.6. The summed E-state index contributed by atoms with van der Waals surface area (Å²) in [4.78, 5) is 24.9. The number of benzene rings is 1. The molecule has 160 valence electrons. The fourth-order valence-corrected chi connectivity index (χ4v) is 5.42. The normalized spacial score (nSPS) is 24.5. The lowest BCUT2D eigenvalue weighted by molar-refractivity contribution is -0.0672. The molecule has 0 radical (unpaired) electrons. The molecule has 5 nitrogen and oxygen atoms in total. The van der Waals surface area contributed by atoms with Crippen molar-refractivity contribution in [3.8, 4) is 16.3 Å². The zero-order chi connectivity index (χ0) is 21.5. The molecule has 3 aliphatic rings. The Kier molecular flexibility index (Phi) is 5.22. The average molecular weight is 438 g/mol. The fourth-order valence-electron chi connectivity index (χ4n) is 4.76. The van der Waals surface area contributed by atoms with Crippen LogP contribution in [0.1, 0.15) is 35.9 Å². The number of amides is 1. The van der Waals surface area contributed by atoms with Crippen LogP contribution in [0.2, 0.25) is 0 Å². The number of carbonyl (C=O) groups excluding carboxylic acids is 1. The van der Waals surface area contributed by atoms with Crippen molar-refractivity contribution < 1.29 is 13.9 Å². The first-order chi connectivity index (χ1) is 15.0. The van der Waals surface area contributed by atoms with E-state index in [4.69, 9.17) is 4.74 Å². The topological polar surface area (TPSA) is 55.3 Å². The number of rotatable bonds is 5. The Labute approximate surface area is 184 Å². The van der Waals surface area contributed by atoms with Gasteiger partial charge in [0.1, 0.15) is 28.9 Å². The van der Waals surface area contributed by atoms with Crippen molar-refractivity contribution in [1.29, 1.82) is 0 Å². The molecule has 2 bridgehead atoms. The van der Waals surface area contributed by atoms with Gasteiger partial charge in [-0.05, 0) is 68.0 Å². The average Bonchev–Trinajstić information content (AvgIpc) is 3.27. The van der Waals surface area contributed by atoms with Gasteiger partial charge in [-0.3, -0.25) is 4.79 Å². The molecule has 3 fully saturated rings. The molecule has 1 aliphatic carbocycles. The van der Waals surface area contributed by atoms with Gasteiger partial charge in [-0.15, -0.1) is 11.3 Å². The second kappa shape index (κ2) is 8.04. The lowest BCUT2D eigenvalue weighted by atomic mass is 9.64. The maximum Gasteiger partial charge on any atom is 0.273 e. The minimum absolute atomic E-state index is 0.0542. The molecule has 7 heteroatoms. The van der Waals surface area contributed by atoms with Crippen molar-refractivity contribution in [3.05, 3.63) is 65.2 Å². The van der Waals surface area contributed by atoms with Crippen molar-refractivity contribution >= 4 is 17.2 Å². The number of aromatic nitrogens is 2. The molecule has 1 saturated carbocycles. The SMILES string of the molecule is Cc1ccc(-c2nccs2)c(C(=O)N2C3CC(C3)[C@H](C)C2COc2ccc(F)cc2)n1. The van der Waals surface area contributed by atoms with Gasteiger partial charge in [-0.25, -0.2) is 14.4 Å². The Morgan fingerprint density at radius 2 is 2.00 bits per heavy atom. The predicted octanol–water partition coefficient (Wildman–Crippen LogP) is 4.97. The molecule has 1 aromatic carbocycles. The zero-order valence-electron chi connectivity index (χ0n) is 17.5. The Hall–Kier alpha value is -2.80. The highest BCUT2D eigenvalue weighted by atomic mass is 32.1. The maximum absolute atomic E-state index is 13.9. The van der Waals surface area contributed by atoms with Crippen LogP contribution in [-0.4, -0.2) is 39.5 Å².